The number of nitrogens with zero attached hydrogens (tertiary/aromatic N) is 3. The maximum Gasteiger partial charge on any atom is 0.471 e. The normalized spacial score (nSPS) is 11.8. The Bertz CT molecular complexity index is 580. The van der Waals surface area contributed by atoms with Gasteiger partial charge in [-0.1, -0.05) is 11.6 Å². The Balaban J connectivity index is 2.34. The third-order valence-electron chi connectivity index (χ3n) is 1.72. The molecule has 0 aliphatic heterocycles. The lowest BCUT2D eigenvalue weighted by molar-refractivity contribution is -0.167. The summed E-state index contributed by atoms with van der Waals surface area (Å²) in [7, 11) is 0. The van der Waals surface area contributed by atoms with E-state index < -0.39 is 18.0 Å². The summed E-state index contributed by atoms with van der Waals surface area (Å²) in [6.45, 7) is 0. The van der Waals surface area contributed by atoms with Crippen LogP contribution in [0.4, 0.5) is 19.1 Å². The zero-order chi connectivity index (χ0) is 12.6. The molecule has 0 saturated heterocycles. The number of H-pyrrole nitrogens is 1. The number of rotatable bonds is 1. The molecule has 0 spiro atoms. The minimum atomic E-state index is -5.02. The average molecular weight is 266 g/mol. The Kier molecular flexibility index (Phi) is 2.62. The van der Waals surface area contributed by atoms with Gasteiger partial charge in [0.25, 0.3) is 0 Å². The molecule has 2 aromatic heterocycles. The SMILES string of the molecule is O=C(Nc1nc(Cl)c2[nH]cnc2n1)C(F)(F)F. The van der Waals surface area contributed by atoms with Crippen LogP contribution in [0.3, 0.4) is 0 Å². The number of aromatic nitrogens is 4. The molecule has 0 fully saturated rings. The van der Waals surface area contributed by atoms with Gasteiger partial charge in [0.15, 0.2) is 10.8 Å². The van der Waals surface area contributed by atoms with Gasteiger partial charge in [-0.15, -0.1) is 0 Å². The predicted octanol–water partition coefficient (Wildman–Crippen LogP) is 1.51. The number of anilines is 1. The molecule has 10 heteroatoms. The first kappa shape index (κ1) is 11.6. The van der Waals surface area contributed by atoms with E-state index >= 15 is 0 Å². The lowest BCUT2D eigenvalue weighted by atomic mass is 10.5. The summed E-state index contributed by atoms with van der Waals surface area (Å²) in [5, 5.41) is 1.35. The molecule has 2 N–H and O–H groups in total. The van der Waals surface area contributed by atoms with Crippen LogP contribution in [-0.2, 0) is 4.79 Å². The smallest absolute Gasteiger partial charge is 0.341 e. The number of imidazole rings is 1. The van der Waals surface area contributed by atoms with Crippen LogP contribution in [0.5, 0.6) is 0 Å². The molecule has 0 aliphatic carbocycles. The van der Waals surface area contributed by atoms with Crippen molar-refractivity contribution in [3.05, 3.63) is 11.5 Å². The van der Waals surface area contributed by atoms with Crippen LogP contribution in [-0.4, -0.2) is 32.0 Å². The fraction of sp³-hybridized carbons (Fsp3) is 0.143. The van der Waals surface area contributed by atoms with Gasteiger partial charge in [-0.25, -0.2) is 4.98 Å². The molecular formula is C7H3ClF3N5O. The quantitative estimate of drug-likeness (QED) is 0.766. The average Bonchev–Trinajstić information content (AvgIpc) is 2.64. The van der Waals surface area contributed by atoms with Crippen molar-refractivity contribution in [2.24, 2.45) is 0 Å². The first-order valence-electron chi connectivity index (χ1n) is 4.12. The number of fused-ring (bicyclic) bond motifs is 1. The van der Waals surface area contributed by atoms with E-state index in [9.17, 15) is 18.0 Å². The number of hydrogen-bond acceptors (Lipinski definition) is 4. The van der Waals surface area contributed by atoms with E-state index in [4.69, 9.17) is 11.6 Å². The van der Waals surface area contributed by atoms with Gasteiger partial charge in [-0.2, -0.15) is 23.1 Å². The van der Waals surface area contributed by atoms with Crippen LogP contribution in [0, 0.1) is 0 Å². The Morgan fingerprint density at radius 2 is 2.12 bits per heavy atom. The van der Waals surface area contributed by atoms with Gasteiger partial charge < -0.3 is 4.98 Å². The molecule has 2 aromatic rings. The summed E-state index contributed by atoms with van der Waals surface area (Å²) in [6.07, 6.45) is -3.77. The highest BCUT2D eigenvalue weighted by atomic mass is 35.5. The van der Waals surface area contributed by atoms with Gasteiger partial charge in [0, 0.05) is 0 Å². The van der Waals surface area contributed by atoms with Crippen molar-refractivity contribution >= 4 is 34.6 Å². The van der Waals surface area contributed by atoms with Crippen molar-refractivity contribution in [3.63, 3.8) is 0 Å². The Morgan fingerprint density at radius 3 is 2.76 bits per heavy atom. The first-order valence-corrected chi connectivity index (χ1v) is 4.50. The van der Waals surface area contributed by atoms with Crippen molar-refractivity contribution in [1.29, 1.82) is 0 Å². The zero-order valence-corrected chi connectivity index (χ0v) is 8.60. The van der Waals surface area contributed by atoms with Crippen molar-refractivity contribution < 1.29 is 18.0 Å². The summed E-state index contributed by atoms with van der Waals surface area (Å²) in [5.41, 5.74) is 0.333. The van der Waals surface area contributed by atoms with Crippen LogP contribution in [0.2, 0.25) is 5.15 Å². The highest BCUT2D eigenvalue weighted by molar-refractivity contribution is 6.33. The Morgan fingerprint density at radius 1 is 1.41 bits per heavy atom. The molecule has 0 atom stereocenters. The van der Waals surface area contributed by atoms with Gasteiger partial charge in [-0.05, 0) is 0 Å². The van der Waals surface area contributed by atoms with Crippen LogP contribution < -0.4 is 5.32 Å². The lowest BCUT2D eigenvalue weighted by Gasteiger charge is -2.06. The van der Waals surface area contributed by atoms with Crippen molar-refractivity contribution in [3.8, 4) is 0 Å². The number of amides is 1. The number of hydrogen-bond donors (Lipinski definition) is 2. The molecule has 1 amide bonds. The third kappa shape index (κ3) is 2.28. The molecule has 0 bridgehead atoms. The van der Waals surface area contributed by atoms with E-state index in [1.54, 1.807) is 0 Å². The molecule has 0 unspecified atom stereocenters. The zero-order valence-electron chi connectivity index (χ0n) is 7.84. The minimum absolute atomic E-state index is 0.0578. The molecule has 2 rings (SSSR count). The minimum Gasteiger partial charge on any atom is -0.341 e. The monoisotopic (exact) mass is 265 g/mol. The third-order valence-corrected chi connectivity index (χ3v) is 2.00. The van der Waals surface area contributed by atoms with Crippen LogP contribution in [0.1, 0.15) is 0 Å². The number of carbonyl (C=O) groups excluding carboxylic acids is 1. The van der Waals surface area contributed by atoms with E-state index in [1.165, 1.54) is 11.6 Å². The van der Waals surface area contributed by atoms with Gasteiger partial charge in [-0.3, -0.25) is 10.1 Å². The second-order valence-electron chi connectivity index (χ2n) is 2.89. The Labute approximate surface area is 96.2 Å². The standard InChI is InChI=1S/C7H3ClF3N5O/c8-3-2-4(13-1-12-2)15-6(14-3)16-5(17)7(9,10)11/h1H,(H2,12,13,14,15,16,17). The number of alkyl halides is 3. The van der Waals surface area contributed by atoms with Crippen molar-refractivity contribution in [1.82, 2.24) is 19.9 Å². The van der Waals surface area contributed by atoms with Gasteiger partial charge in [0.2, 0.25) is 5.95 Å². The van der Waals surface area contributed by atoms with E-state index in [1.807, 2.05) is 0 Å². The maximum atomic E-state index is 12.0. The molecule has 0 radical (unpaired) electrons. The van der Waals surface area contributed by atoms with Crippen molar-refractivity contribution in [2.75, 3.05) is 5.32 Å². The number of halogens is 4. The van der Waals surface area contributed by atoms with Crippen molar-refractivity contribution in [2.45, 2.75) is 6.18 Å². The number of carbonyl (C=O) groups is 1. The fourth-order valence-electron chi connectivity index (χ4n) is 1.03. The molecular weight excluding hydrogens is 263 g/mol. The van der Waals surface area contributed by atoms with E-state index in [0.717, 1.165) is 0 Å². The topological polar surface area (TPSA) is 83.6 Å². The summed E-state index contributed by atoms with van der Waals surface area (Å²) >= 11 is 5.65. The summed E-state index contributed by atoms with van der Waals surface area (Å²) in [5.74, 6) is -2.74. The second kappa shape index (κ2) is 3.84. The molecule has 6 nitrogen and oxygen atoms in total. The fourth-order valence-corrected chi connectivity index (χ4v) is 1.25. The van der Waals surface area contributed by atoms with Crippen LogP contribution >= 0.6 is 11.6 Å². The summed E-state index contributed by atoms with van der Waals surface area (Å²) in [4.78, 5) is 24.0. The predicted molar refractivity (Wildman–Crippen MR) is 51.4 cm³/mol. The summed E-state index contributed by atoms with van der Waals surface area (Å²) in [6, 6.07) is 0. The van der Waals surface area contributed by atoms with Gasteiger partial charge in [0.1, 0.15) is 5.52 Å². The number of aromatic amines is 1. The molecule has 2 heterocycles. The molecule has 0 aromatic carbocycles. The highest BCUT2D eigenvalue weighted by Crippen LogP contribution is 2.20. The van der Waals surface area contributed by atoms with Crippen LogP contribution in [0.25, 0.3) is 11.2 Å². The molecule has 0 aliphatic rings. The largest absolute Gasteiger partial charge is 0.471 e. The number of nitrogens with one attached hydrogen (secondary N) is 2. The molecule has 0 saturated carbocycles. The summed E-state index contributed by atoms with van der Waals surface area (Å²) < 4.78 is 35.9. The van der Waals surface area contributed by atoms with E-state index in [0.29, 0.717) is 0 Å². The van der Waals surface area contributed by atoms with E-state index in [2.05, 4.69) is 19.9 Å². The van der Waals surface area contributed by atoms with Gasteiger partial charge >= 0.3 is 12.1 Å². The van der Waals surface area contributed by atoms with Crippen LogP contribution in [0.15, 0.2) is 6.33 Å². The molecule has 90 valence electrons. The van der Waals surface area contributed by atoms with E-state index in [-0.39, 0.29) is 16.3 Å². The molecule has 17 heavy (non-hydrogen) atoms. The highest BCUT2D eigenvalue weighted by Gasteiger charge is 2.39. The second-order valence-corrected chi connectivity index (χ2v) is 3.25. The lowest BCUT2D eigenvalue weighted by Crippen LogP contribution is -2.30. The Hall–Kier alpha value is -1.90. The van der Waals surface area contributed by atoms with Gasteiger partial charge in [0.05, 0.1) is 6.33 Å². The first-order chi connectivity index (χ1) is 7.88. The maximum absolute atomic E-state index is 12.0.